The lowest BCUT2D eigenvalue weighted by atomic mass is 9.90. The quantitative estimate of drug-likeness (QED) is 0.747. The Hall–Kier alpha value is -2.63. The lowest BCUT2D eigenvalue weighted by Gasteiger charge is -2.35. The van der Waals surface area contributed by atoms with Gasteiger partial charge in [-0.25, -0.2) is 9.97 Å². The van der Waals surface area contributed by atoms with E-state index in [1.165, 1.54) is 24.8 Å². The second-order valence-corrected chi connectivity index (χ2v) is 7.88. The second-order valence-electron chi connectivity index (χ2n) is 7.88. The molecule has 0 N–H and O–H groups in total. The molecule has 0 radical (unpaired) electrons. The Morgan fingerprint density at radius 1 is 0.929 bits per heavy atom. The van der Waals surface area contributed by atoms with Crippen LogP contribution in [0.2, 0.25) is 0 Å². The van der Waals surface area contributed by atoms with Crippen LogP contribution in [0, 0.1) is 12.8 Å². The van der Waals surface area contributed by atoms with Gasteiger partial charge < -0.3 is 14.7 Å². The molecule has 1 aromatic carbocycles. The normalized spacial score (nSPS) is 18.4. The fraction of sp³-hybridized carbons (Fsp3) is 0.500. The third-order valence-corrected chi connectivity index (χ3v) is 5.90. The average molecular weight is 380 g/mol. The van der Waals surface area contributed by atoms with Crippen LogP contribution in [0.25, 0.3) is 0 Å². The summed E-state index contributed by atoms with van der Waals surface area (Å²) in [5.74, 6) is 3.59. The summed E-state index contributed by atoms with van der Waals surface area (Å²) in [6.45, 7) is 7.23. The van der Waals surface area contributed by atoms with Gasteiger partial charge in [-0.15, -0.1) is 0 Å². The molecule has 148 valence electrons. The van der Waals surface area contributed by atoms with Crippen molar-refractivity contribution in [1.82, 2.24) is 14.9 Å². The van der Waals surface area contributed by atoms with E-state index in [0.29, 0.717) is 0 Å². The fourth-order valence-electron chi connectivity index (χ4n) is 4.23. The molecule has 6 nitrogen and oxygen atoms in total. The number of aromatic nitrogens is 2. The summed E-state index contributed by atoms with van der Waals surface area (Å²) < 4.78 is 0. The van der Waals surface area contributed by atoms with Crippen molar-refractivity contribution in [2.75, 3.05) is 49.1 Å². The lowest BCUT2D eigenvalue weighted by Crippen LogP contribution is -2.46. The van der Waals surface area contributed by atoms with Crippen molar-refractivity contribution in [3.8, 4) is 0 Å². The van der Waals surface area contributed by atoms with Crippen LogP contribution in [0.5, 0.6) is 0 Å². The van der Waals surface area contributed by atoms with Crippen LogP contribution in [0.3, 0.4) is 0 Å². The standard InChI is InChI=1S/C22H29N5O/c1-18-23-21(16-22(24-18)27-13-11-25(17-28)12-14-27)26-9-7-20(8-10-26)15-19-5-3-2-4-6-19/h2-6,16-17,20H,7-15H2,1H3. The van der Waals surface area contributed by atoms with Crippen molar-refractivity contribution >= 4 is 18.0 Å². The highest BCUT2D eigenvalue weighted by Crippen LogP contribution is 2.27. The second kappa shape index (κ2) is 8.59. The Labute approximate surface area is 167 Å². The minimum atomic E-state index is 0.748. The Morgan fingerprint density at radius 3 is 2.14 bits per heavy atom. The predicted molar refractivity (Wildman–Crippen MR) is 112 cm³/mol. The molecule has 0 spiro atoms. The molecule has 2 aliphatic rings. The van der Waals surface area contributed by atoms with Gasteiger partial charge in [-0.1, -0.05) is 30.3 Å². The van der Waals surface area contributed by atoms with Gasteiger partial charge in [0.05, 0.1) is 0 Å². The van der Waals surface area contributed by atoms with Crippen molar-refractivity contribution in [2.24, 2.45) is 5.92 Å². The number of aryl methyl sites for hydroxylation is 1. The van der Waals surface area contributed by atoms with E-state index in [2.05, 4.69) is 51.2 Å². The number of piperidine rings is 1. The van der Waals surface area contributed by atoms with Crippen molar-refractivity contribution < 1.29 is 4.79 Å². The summed E-state index contributed by atoms with van der Waals surface area (Å²) in [7, 11) is 0. The van der Waals surface area contributed by atoms with Crippen LogP contribution in [-0.2, 0) is 11.2 Å². The first kappa shape index (κ1) is 18.7. The van der Waals surface area contributed by atoms with E-state index in [-0.39, 0.29) is 0 Å². The topological polar surface area (TPSA) is 52.6 Å². The zero-order valence-corrected chi connectivity index (χ0v) is 16.6. The van der Waals surface area contributed by atoms with E-state index in [0.717, 1.165) is 69.1 Å². The lowest BCUT2D eigenvalue weighted by molar-refractivity contribution is -0.118. The molecular weight excluding hydrogens is 350 g/mol. The van der Waals surface area contributed by atoms with Crippen molar-refractivity contribution in [2.45, 2.75) is 26.2 Å². The first-order chi connectivity index (χ1) is 13.7. The van der Waals surface area contributed by atoms with Gasteiger partial charge >= 0.3 is 0 Å². The maximum absolute atomic E-state index is 10.9. The molecule has 0 unspecified atom stereocenters. The third kappa shape index (κ3) is 4.43. The molecule has 0 atom stereocenters. The van der Waals surface area contributed by atoms with Crippen LogP contribution < -0.4 is 9.80 Å². The third-order valence-electron chi connectivity index (χ3n) is 5.90. The maximum Gasteiger partial charge on any atom is 0.209 e. The van der Waals surface area contributed by atoms with Crippen molar-refractivity contribution in [3.63, 3.8) is 0 Å². The molecular formula is C22H29N5O. The first-order valence-corrected chi connectivity index (χ1v) is 10.3. The highest BCUT2D eigenvalue weighted by Gasteiger charge is 2.23. The van der Waals surface area contributed by atoms with Crippen LogP contribution in [0.4, 0.5) is 11.6 Å². The molecule has 2 saturated heterocycles. The molecule has 2 aromatic rings. The largest absolute Gasteiger partial charge is 0.356 e. The molecule has 3 heterocycles. The summed E-state index contributed by atoms with van der Waals surface area (Å²) >= 11 is 0. The SMILES string of the molecule is Cc1nc(N2CCC(Cc3ccccc3)CC2)cc(N2CCN(C=O)CC2)n1. The fourth-order valence-corrected chi connectivity index (χ4v) is 4.23. The van der Waals surface area contributed by atoms with Crippen molar-refractivity contribution in [3.05, 3.63) is 47.8 Å². The monoisotopic (exact) mass is 379 g/mol. The number of amides is 1. The molecule has 0 saturated carbocycles. The average Bonchev–Trinajstić information content (AvgIpc) is 2.75. The highest BCUT2D eigenvalue weighted by atomic mass is 16.1. The van der Waals surface area contributed by atoms with E-state index >= 15 is 0 Å². The minimum absolute atomic E-state index is 0.748. The molecule has 0 aliphatic carbocycles. The number of benzene rings is 1. The van der Waals surface area contributed by atoms with Gasteiger partial charge in [-0.3, -0.25) is 4.79 Å². The predicted octanol–water partition coefficient (Wildman–Crippen LogP) is 2.52. The van der Waals surface area contributed by atoms with Gasteiger partial charge in [0.1, 0.15) is 17.5 Å². The molecule has 2 aliphatic heterocycles. The number of carbonyl (C=O) groups excluding carboxylic acids is 1. The number of hydrogen-bond acceptors (Lipinski definition) is 5. The first-order valence-electron chi connectivity index (χ1n) is 10.3. The number of rotatable bonds is 5. The molecule has 6 heteroatoms. The summed E-state index contributed by atoms with van der Waals surface area (Å²) in [6, 6.07) is 12.9. The van der Waals surface area contributed by atoms with Gasteiger partial charge in [-0.2, -0.15) is 0 Å². The number of hydrogen-bond donors (Lipinski definition) is 0. The Balaban J connectivity index is 1.38. The summed E-state index contributed by atoms with van der Waals surface area (Å²) in [5.41, 5.74) is 1.44. The number of carbonyl (C=O) groups is 1. The van der Waals surface area contributed by atoms with Crippen LogP contribution in [-0.4, -0.2) is 60.5 Å². The highest BCUT2D eigenvalue weighted by molar-refractivity contribution is 5.53. The number of piperazine rings is 1. The number of anilines is 2. The van der Waals surface area contributed by atoms with E-state index < -0.39 is 0 Å². The van der Waals surface area contributed by atoms with Crippen LogP contribution in [0.15, 0.2) is 36.4 Å². The zero-order valence-electron chi connectivity index (χ0n) is 16.6. The van der Waals surface area contributed by atoms with E-state index in [1.54, 1.807) is 0 Å². The van der Waals surface area contributed by atoms with E-state index in [9.17, 15) is 4.79 Å². The summed E-state index contributed by atoms with van der Waals surface area (Å²) in [5, 5.41) is 0. The Morgan fingerprint density at radius 2 is 1.54 bits per heavy atom. The zero-order chi connectivity index (χ0) is 19.3. The maximum atomic E-state index is 10.9. The molecule has 1 aromatic heterocycles. The molecule has 4 rings (SSSR count). The molecule has 28 heavy (non-hydrogen) atoms. The van der Waals surface area contributed by atoms with E-state index in [4.69, 9.17) is 4.98 Å². The number of nitrogens with zero attached hydrogens (tertiary/aromatic N) is 5. The van der Waals surface area contributed by atoms with Crippen LogP contribution >= 0.6 is 0 Å². The van der Waals surface area contributed by atoms with Crippen LogP contribution in [0.1, 0.15) is 24.2 Å². The van der Waals surface area contributed by atoms with Gasteiger partial charge in [0.15, 0.2) is 0 Å². The van der Waals surface area contributed by atoms with Gasteiger partial charge in [0.25, 0.3) is 0 Å². The van der Waals surface area contributed by atoms with Gasteiger partial charge in [0, 0.05) is 45.3 Å². The smallest absolute Gasteiger partial charge is 0.209 e. The minimum Gasteiger partial charge on any atom is -0.356 e. The Bertz CT molecular complexity index is 781. The van der Waals surface area contributed by atoms with E-state index in [1.807, 2.05) is 11.8 Å². The Kier molecular flexibility index (Phi) is 5.74. The summed E-state index contributed by atoms with van der Waals surface area (Å²) in [4.78, 5) is 26.8. The van der Waals surface area contributed by atoms with Crippen molar-refractivity contribution in [1.29, 1.82) is 0 Å². The van der Waals surface area contributed by atoms with Gasteiger partial charge in [0.2, 0.25) is 6.41 Å². The molecule has 0 bridgehead atoms. The summed E-state index contributed by atoms with van der Waals surface area (Å²) in [6.07, 6.45) is 4.51. The molecule has 1 amide bonds. The van der Waals surface area contributed by atoms with Gasteiger partial charge in [-0.05, 0) is 37.7 Å². The molecule has 2 fully saturated rings.